The van der Waals surface area contributed by atoms with Gasteiger partial charge in [0, 0.05) is 29.2 Å². The molecule has 1 aliphatic rings. The molecule has 0 aliphatic carbocycles. The average Bonchev–Trinajstić information content (AvgIpc) is 2.64. The fourth-order valence-electron chi connectivity index (χ4n) is 2.73. The van der Waals surface area contributed by atoms with Gasteiger partial charge in [-0.3, -0.25) is 4.99 Å². The second-order valence-electron chi connectivity index (χ2n) is 6.16. The van der Waals surface area contributed by atoms with Crippen LogP contribution in [0, 0.1) is 0 Å². The number of aliphatic imine (C=N–C) groups is 1. The number of amides is 1. The summed E-state index contributed by atoms with van der Waals surface area (Å²) in [6.07, 6.45) is 1.36. The van der Waals surface area contributed by atoms with E-state index in [-0.39, 0.29) is 12.1 Å². The fraction of sp³-hybridized carbons (Fsp3) is 0.556. The first-order chi connectivity index (χ1) is 13.0. The maximum absolute atomic E-state index is 11.7. The van der Waals surface area contributed by atoms with E-state index in [2.05, 4.69) is 10.3 Å². The Balaban J connectivity index is 1.63. The number of benzene rings is 1. The van der Waals surface area contributed by atoms with Crippen molar-refractivity contribution < 1.29 is 14.3 Å². The van der Waals surface area contributed by atoms with Gasteiger partial charge in [-0.1, -0.05) is 29.3 Å². The molecule has 0 radical (unpaired) electrons. The SMILES string of the molecule is CCOC(=O)N1CCC(NC(N)=NCCOCc2ccc(Cl)cc2Cl)CC1. The van der Waals surface area contributed by atoms with Gasteiger partial charge in [-0.05, 0) is 37.5 Å². The second kappa shape index (κ2) is 11.2. The van der Waals surface area contributed by atoms with Crippen LogP contribution >= 0.6 is 23.2 Å². The topological polar surface area (TPSA) is 89.2 Å². The number of nitrogens with one attached hydrogen (secondary N) is 1. The molecule has 0 atom stereocenters. The number of carbonyl (C=O) groups excluding carboxylic acids is 1. The van der Waals surface area contributed by atoms with Crippen LogP contribution in [0.5, 0.6) is 0 Å². The van der Waals surface area contributed by atoms with Gasteiger partial charge in [0.05, 0.1) is 26.4 Å². The maximum atomic E-state index is 11.7. The van der Waals surface area contributed by atoms with Crippen LogP contribution in [-0.4, -0.2) is 55.8 Å². The van der Waals surface area contributed by atoms with E-state index in [9.17, 15) is 4.79 Å². The summed E-state index contributed by atoms with van der Waals surface area (Å²) >= 11 is 12.0. The molecule has 0 saturated carbocycles. The molecule has 1 heterocycles. The number of guanidine groups is 1. The van der Waals surface area contributed by atoms with E-state index >= 15 is 0 Å². The van der Waals surface area contributed by atoms with Gasteiger partial charge in [0.2, 0.25) is 0 Å². The standard InChI is InChI=1S/C18H26Cl2N4O3/c1-2-27-18(25)24-8-5-15(6-9-24)23-17(21)22-7-10-26-12-13-3-4-14(19)11-16(13)20/h3-4,11,15H,2,5-10,12H2,1H3,(H3,21,22,23). The molecule has 0 aromatic heterocycles. The summed E-state index contributed by atoms with van der Waals surface area (Å²) in [6.45, 7) is 4.77. The first-order valence-corrected chi connectivity index (χ1v) is 9.75. The van der Waals surface area contributed by atoms with Gasteiger partial charge in [0.25, 0.3) is 0 Å². The van der Waals surface area contributed by atoms with Gasteiger partial charge in [-0.25, -0.2) is 4.79 Å². The first-order valence-electron chi connectivity index (χ1n) is 8.99. The minimum Gasteiger partial charge on any atom is -0.450 e. The van der Waals surface area contributed by atoms with Crippen molar-refractivity contribution in [3.8, 4) is 0 Å². The van der Waals surface area contributed by atoms with Crippen LogP contribution in [0.15, 0.2) is 23.2 Å². The van der Waals surface area contributed by atoms with Crippen molar-refractivity contribution in [1.82, 2.24) is 10.2 Å². The van der Waals surface area contributed by atoms with Gasteiger partial charge in [-0.15, -0.1) is 0 Å². The van der Waals surface area contributed by atoms with Crippen molar-refractivity contribution in [3.05, 3.63) is 33.8 Å². The highest BCUT2D eigenvalue weighted by molar-refractivity contribution is 6.35. The minimum atomic E-state index is -0.254. The predicted molar refractivity (Wildman–Crippen MR) is 107 cm³/mol. The molecule has 0 spiro atoms. The van der Waals surface area contributed by atoms with Crippen LogP contribution in [0.3, 0.4) is 0 Å². The summed E-state index contributed by atoms with van der Waals surface area (Å²) in [5.74, 6) is 0.387. The molecule has 1 saturated heterocycles. The summed E-state index contributed by atoms with van der Waals surface area (Å²) < 4.78 is 10.6. The normalized spacial score (nSPS) is 15.7. The minimum absolute atomic E-state index is 0.202. The average molecular weight is 417 g/mol. The molecule has 1 fully saturated rings. The predicted octanol–water partition coefficient (Wildman–Crippen LogP) is 3.04. The Morgan fingerprint density at radius 2 is 2.11 bits per heavy atom. The Morgan fingerprint density at radius 3 is 2.78 bits per heavy atom. The molecule has 0 unspecified atom stereocenters. The third-order valence-corrected chi connectivity index (χ3v) is 4.75. The molecule has 27 heavy (non-hydrogen) atoms. The number of ether oxygens (including phenoxy) is 2. The molecule has 7 nitrogen and oxygen atoms in total. The summed E-state index contributed by atoms with van der Waals surface area (Å²) in [6, 6.07) is 5.51. The van der Waals surface area contributed by atoms with E-state index in [0.717, 1.165) is 18.4 Å². The van der Waals surface area contributed by atoms with E-state index in [4.69, 9.17) is 38.4 Å². The quantitative estimate of drug-likeness (QED) is 0.405. The molecule has 150 valence electrons. The zero-order valence-electron chi connectivity index (χ0n) is 15.4. The molecule has 1 aromatic rings. The molecule has 1 amide bonds. The zero-order chi connectivity index (χ0) is 19.6. The van der Waals surface area contributed by atoms with E-state index in [1.165, 1.54) is 0 Å². The Kier molecular flexibility index (Phi) is 8.97. The smallest absolute Gasteiger partial charge is 0.409 e. The Bertz CT molecular complexity index is 649. The summed E-state index contributed by atoms with van der Waals surface area (Å²) in [5.41, 5.74) is 6.80. The molecule has 0 bridgehead atoms. The summed E-state index contributed by atoms with van der Waals surface area (Å²) in [4.78, 5) is 17.7. The lowest BCUT2D eigenvalue weighted by Gasteiger charge is -2.31. The lowest BCUT2D eigenvalue weighted by Crippen LogP contribution is -2.48. The Morgan fingerprint density at radius 1 is 1.37 bits per heavy atom. The summed E-state index contributed by atoms with van der Waals surface area (Å²) in [5, 5.41) is 4.37. The van der Waals surface area contributed by atoms with Gasteiger partial charge in [-0.2, -0.15) is 0 Å². The fourth-order valence-corrected chi connectivity index (χ4v) is 3.19. The van der Waals surface area contributed by atoms with E-state index < -0.39 is 0 Å². The number of carbonyl (C=O) groups is 1. The van der Waals surface area contributed by atoms with Crippen LogP contribution in [0.25, 0.3) is 0 Å². The maximum Gasteiger partial charge on any atom is 0.409 e. The summed E-state index contributed by atoms with van der Waals surface area (Å²) in [7, 11) is 0. The molecule has 1 aliphatic heterocycles. The highest BCUT2D eigenvalue weighted by atomic mass is 35.5. The van der Waals surface area contributed by atoms with Crippen molar-refractivity contribution >= 4 is 35.3 Å². The lowest BCUT2D eigenvalue weighted by atomic mass is 10.1. The molecule has 1 aromatic carbocycles. The first kappa shape index (κ1) is 21.6. The molecular formula is C18H26Cl2N4O3. The van der Waals surface area contributed by atoms with Crippen molar-refractivity contribution in [1.29, 1.82) is 0 Å². The Hall–Kier alpha value is -1.70. The number of piperidine rings is 1. The van der Waals surface area contributed by atoms with Crippen molar-refractivity contribution in [3.63, 3.8) is 0 Å². The Labute approximate surface area is 169 Å². The lowest BCUT2D eigenvalue weighted by molar-refractivity contribution is 0.0963. The highest BCUT2D eigenvalue weighted by Gasteiger charge is 2.23. The van der Waals surface area contributed by atoms with Crippen LogP contribution in [-0.2, 0) is 16.1 Å². The van der Waals surface area contributed by atoms with Crippen molar-refractivity contribution in [2.24, 2.45) is 10.7 Å². The highest BCUT2D eigenvalue weighted by Crippen LogP contribution is 2.21. The number of hydrogen-bond donors (Lipinski definition) is 2. The largest absolute Gasteiger partial charge is 0.450 e. The van der Waals surface area contributed by atoms with E-state index in [0.29, 0.717) is 55.5 Å². The van der Waals surface area contributed by atoms with Crippen LogP contribution in [0.2, 0.25) is 10.0 Å². The third kappa shape index (κ3) is 7.44. The van der Waals surface area contributed by atoms with Crippen LogP contribution < -0.4 is 11.1 Å². The van der Waals surface area contributed by atoms with Crippen LogP contribution in [0.1, 0.15) is 25.3 Å². The number of likely N-dealkylation sites (tertiary alicyclic amines) is 1. The van der Waals surface area contributed by atoms with Gasteiger partial charge < -0.3 is 25.4 Å². The van der Waals surface area contributed by atoms with Gasteiger partial charge in [0.15, 0.2) is 5.96 Å². The monoisotopic (exact) mass is 416 g/mol. The number of nitrogens with zero attached hydrogens (tertiary/aromatic N) is 2. The molecule has 2 rings (SSSR count). The number of nitrogens with two attached hydrogens (primary N) is 1. The van der Waals surface area contributed by atoms with Crippen molar-refractivity contribution in [2.45, 2.75) is 32.4 Å². The molecular weight excluding hydrogens is 391 g/mol. The number of hydrogen-bond acceptors (Lipinski definition) is 4. The van der Waals surface area contributed by atoms with Gasteiger partial charge in [0.1, 0.15) is 0 Å². The van der Waals surface area contributed by atoms with E-state index in [1.54, 1.807) is 24.0 Å². The number of rotatable bonds is 7. The second-order valence-corrected chi connectivity index (χ2v) is 7.00. The molecule has 3 N–H and O–H groups in total. The zero-order valence-corrected chi connectivity index (χ0v) is 16.9. The number of halogens is 2. The third-order valence-electron chi connectivity index (χ3n) is 4.16. The van der Waals surface area contributed by atoms with Crippen molar-refractivity contribution in [2.75, 3.05) is 32.8 Å². The van der Waals surface area contributed by atoms with Gasteiger partial charge >= 0.3 is 6.09 Å². The van der Waals surface area contributed by atoms with E-state index in [1.807, 2.05) is 6.07 Å². The van der Waals surface area contributed by atoms with Crippen LogP contribution in [0.4, 0.5) is 4.79 Å². The molecule has 9 heteroatoms.